The second-order valence-corrected chi connectivity index (χ2v) is 8.29. The number of rotatable bonds is 7. The number of anilines is 1. The third-order valence-electron chi connectivity index (χ3n) is 5.60. The van der Waals surface area contributed by atoms with Gasteiger partial charge in [-0.25, -0.2) is 0 Å². The summed E-state index contributed by atoms with van der Waals surface area (Å²) in [5.41, 5.74) is 1.71. The van der Waals surface area contributed by atoms with E-state index in [9.17, 15) is 14.4 Å². The van der Waals surface area contributed by atoms with E-state index in [1.807, 2.05) is 6.07 Å². The molecule has 176 valence electrons. The molecule has 3 aromatic rings. The molecule has 2 aromatic carbocycles. The van der Waals surface area contributed by atoms with E-state index in [-0.39, 0.29) is 30.0 Å². The molecule has 1 fully saturated rings. The van der Waals surface area contributed by atoms with Gasteiger partial charge in [-0.05, 0) is 60.9 Å². The van der Waals surface area contributed by atoms with Crippen molar-refractivity contribution in [3.63, 3.8) is 0 Å². The van der Waals surface area contributed by atoms with Gasteiger partial charge in [-0.2, -0.15) is 0 Å². The first-order chi connectivity index (χ1) is 16.5. The van der Waals surface area contributed by atoms with E-state index >= 15 is 0 Å². The number of amides is 3. The fourth-order valence-electron chi connectivity index (χ4n) is 3.95. The molecule has 1 aliphatic heterocycles. The topological polar surface area (TPSA) is 101 Å². The lowest BCUT2D eigenvalue weighted by atomic mass is 10.1. The molecule has 9 heteroatoms. The Bertz CT molecular complexity index is 1200. The van der Waals surface area contributed by atoms with Gasteiger partial charge < -0.3 is 24.7 Å². The van der Waals surface area contributed by atoms with E-state index in [4.69, 9.17) is 20.8 Å². The molecule has 0 bridgehead atoms. The number of carbonyl (C=O) groups excluding carboxylic acids is 3. The van der Waals surface area contributed by atoms with Crippen molar-refractivity contribution in [2.75, 3.05) is 19.0 Å². The minimum atomic E-state index is -0.585. The molecule has 0 radical (unpaired) electrons. The zero-order chi connectivity index (χ0) is 24.1. The van der Waals surface area contributed by atoms with Gasteiger partial charge in [0.1, 0.15) is 11.8 Å². The molecule has 4 rings (SSSR count). The number of nitrogens with zero attached hydrogens (tertiary/aromatic N) is 1. The molecular weight excluding hydrogens is 458 g/mol. The summed E-state index contributed by atoms with van der Waals surface area (Å²) in [4.78, 5) is 39.9. The van der Waals surface area contributed by atoms with Gasteiger partial charge in [0.05, 0.1) is 18.9 Å². The van der Waals surface area contributed by atoms with Crippen LogP contribution in [-0.4, -0.2) is 42.3 Å². The van der Waals surface area contributed by atoms with Crippen molar-refractivity contribution >= 4 is 35.0 Å². The summed E-state index contributed by atoms with van der Waals surface area (Å²) in [6, 6.07) is 14.6. The van der Waals surface area contributed by atoms with Gasteiger partial charge in [0.15, 0.2) is 5.76 Å². The van der Waals surface area contributed by atoms with Gasteiger partial charge in [-0.3, -0.25) is 14.4 Å². The number of methoxy groups -OCH3 is 1. The number of halogens is 1. The molecule has 3 amide bonds. The van der Waals surface area contributed by atoms with Crippen molar-refractivity contribution in [3.05, 3.63) is 82.8 Å². The number of ether oxygens (including phenoxy) is 1. The molecule has 8 nitrogen and oxygen atoms in total. The SMILES string of the molecule is COc1ccc(Cl)cc1C(=O)N1CCCC1C(=O)NCc1cccc(NC(=O)c2ccco2)c1. The summed E-state index contributed by atoms with van der Waals surface area (Å²) in [5.74, 6) is -0.269. The van der Waals surface area contributed by atoms with Crippen molar-refractivity contribution in [1.82, 2.24) is 10.2 Å². The van der Waals surface area contributed by atoms with Gasteiger partial charge in [0, 0.05) is 23.8 Å². The standard InChI is InChI=1S/C25H24ClN3O5/c1-33-21-10-9-17(26)14-19(21)25(32)29-11-3-7-20(29)23(30)27-15-16-5-2-6-18(13-16)28-24(31)22-8-4-12-34-22/h2,4-6,8-10,12-14,20H,3,7,11,15H2,1H3,(H,27,30)(H,28,31). The highest BCUT2D eigenvalue weighted by Crippen LogP contribution is 2.28. The average Bonchev–Trinajstić information content (AvgIpc) is 3.55. The monoisotopic (exact) mass is 481 g/mol. The number of likely N-dealkylation sites (tertiary alicyclic amines) is 1. The molecule has 0 aliphatic carbocycles. The van der Waals surface area contributed by atoms with Gasteiger partial charge in [0.25, 0.3) is 11.8 Å². The molecule has 1 unspecified atom stereocenters. The molecule has 2 N–H and O–H groups in total. The zero-order valence-electron chi connectivity index (χ0n) is 18.5. The number of furan rings is 1. The third-order valence-corrected chi connectivity index (χ3v) is 5.84. The Kier molecular flexibility index (Phi) is 7.18. The predicted octanol–water partition coefficient (Wildman–Crippen LogP) is 4.11. The summed E-state index contributed by atoms with van der Waals surface area (Å²) < 4.78 is 10.4. The van der Waals surface area contributed by atoms with Crippen molar-refractivity contribution in [1.29, 1.82) is 0 Å². The Morgan fingerprint density at radius 3 is 2.76 bits per heavy atom. The number of nitrogens with one attached hydrogen (secondary N) is 2. The lowest BCUT2D eigenvalue weighted by Crippen LogP contribution is -2.45. The summed E-state index contributed by atoms with van der Waals surface area (Å²) in [5, 5.41) is 6.09. The van der Waals surface area contributed by atoms with Crippen LogP contribution in [0.3, 0.4) is 0 Å². The van der Waals surface area contributed by atoms with Crippen LogP contribution in [0.4, 0.5) is 5.69 Å². The van der Waals surface area contributed by atoms with E-state index in [1.54, 1.807) is 53.4 Å². The molecule has 2 heterocycles. The van der Waals surface area contributed by atoms with Crippen LogP contribution in [0.5, 0.6) is 5.75 Å². The second kappa shape index (κ2) is 10.4. The molecule has 0 saturated carbocycles. The summed E-state index contributed by atoms with van der Waals surface area (Å²) in [6.07, 6.45) is 2.72. The maximum absolute atomic E-state index is 13.2. The van der Waals surface area contributed by atoms with Crippen molar-refractivity contribution in [2.24, 2.45) is 0 Å². The average molecular weight is 482 g/mol. The highest BCUT2D eigenvalue weighted by Gasteiger charge is 2.35. The summed E-state index contributed by atoms with van der Waals surface area (Å²) >= 11 is 6.08. The normalized spacial score (nSPS) is 15.1. The van der Waals surface area contributed by atoms with Crippen LogP contribution in [0, 0.1) is 0 Å². The first-order valence-electron chi connectivity index (χ1n) is 10.8. The lowest BCUT2D eigenvalue weighted by molar-refractivity contribution is -0.125. The Labute approximate surface area is 201 Å². The van der Waals surface area contributed by atoms with Gasteiger partial charge in [-0.15, -0.1) is 0 Å². The van der Waals surface area contributed by atoms with Crippen LogP contribution in [0.15, 0.2) is 65.3 Å². The van der Waals surface area contributed by atoms with Crippen LogP contribution >= 0.6 is 11.6 Å². The largest absolute Gasteiger partial charge is 0.496 e. The quantitative estimate of drug-likeness (QED) is 0.528. The van der Waals surface area contributed by atoms with Crippen molar-refractivity contribution < 1.29 is 23.5 Å². The minimum absolute atomic E-state index is 0.209. The molecule has 1 aliphatic rings. The molecule has 0 spiro atoms. The first kappa shape index (κ1) is 23.4. The highest BCUT2D eigenvalue weighted by molar-refractivity contribution is 6.31. The molecule has 34 heavy (non-hydrogen) atoms. The van der Waals surface area contributed by atoms with E-state index in [2.05, 4.69) is 10.6 Å². The van der Waals surface area contributed by atoms with E-state index < -0.39 is 6.04 Å². The fourth-order valence-corrected chi connectivity index (χ4v) is 4.12. The minimum Gasteiger partial charge on any atom is -0.496 e. The predicted molar refractivity (Wildman–Crippen MR) is 127 cm³/mol. The Hall–Kier alpha value is -3.78. The zero-order valence-corrected chi connectivity index (χ0v) is 19.3. The number of carbonyl (C=O) groups is 3. The van der Waals surface area contributed by atoms with E-state index in [0.717, 1.165) is 12.0 Å². The van der Waals surface area contributed by atoms with Crippen LogP contribution in [0.1, 0.15) is 39.3 Å². The van der Waals surface area contributed by atoms with Gasteiger partial charge in [-0.1, -0.05) is 23.7 Å². The molecular formula is C25H24ClN3O5. The number of hydrogen-bond acceptors (Lipinski definition) is 5. The molecule has 1 saturated heterocycles. The number of hydrogen-bond donors (Lipinski definition) is 2. The van der Waals surface area contributed by atoms with Gasteiger partial charge in [0.2, 0.25) is 5.91 Å². The highest BCUT2D eigenvalue weighted by atomic mass is 35.5. The van der Waals surface area contributed by atoms with E-state index in [0.29, 0.717) is 35.0 Å². The Morgan fingerprint density at radius 1 is 1.15 bits per heavy atom. The van der Waals surface area contributed by atoms with Crippen LogP contribution in [-0.2, 0) is 11.3 Å². The third kappa shape index (κ3) is 5.23. The maximum Gasteiger partial charge on any atom is 0.291 e. The van der Waals surface area contributed by atoms with Gasteiger partial charge >= 0.3 is 0 Å². The second-order valence-electron chi connectivity index (χ2n) is 7.85. The summed E-state index contributed by atoms with van der Waals surface area (Å²) in [6.45, 7) is 0.725. The van der Waals surface area contributed by atoms with Crippen LogP contribution in [0.2, 0.25) is 5.02 Å². The summed E-state index contributed by atoms with van der Waals surface area (Å²) in [7, 11) is 1.49. The maximum atomic E-state index is 13.2. The fraction of sp³-hybridized carbons (Fsp3) is 0.240. The lowest BCUT2D eigenvalue weighted by Gasteiger charge is -2.25. The number of benzene rings is 2. The molecule has 1 aromatic heterocycles. The smallest absolute Gasteiger partial charge is 0.291 e. The Balaban J connectivity index is 1.39. The van der Waals surface area contributed by atoms with Crippen molar-refractivity contribution in [2.45, 2.75) is 25.4 Å². The van der Waals surface area contributed by atoms with Crippen LogP contribution < -0.4 is 15.4 Å². The Morgan fingerprint density at radius 2 is 2.00 bits per heavy atom. The molecule has 1 atom stereocenters. The van der Waals surface area contributed by atoms with E-state index in [1.165, 1.54) is 13.4 Å². The first-order valence-corrected chi connectivity index (χ1v) is 11.2. The van der Waals surface area contributed by atoms with Crippen molar-refractivity contribution in [3.8, 4) is 5.75 Å². The van der Waals surface area contributed by atoms with Crippen LogP contribution in [0.25, 0.3) is 0 Å².